The lowest BCUT2D eigenvalue weighted by atomic mass is 12.6. The summed E-state index contributed by atoms with van der Waals surface area (Å²) in [6.45, 7) is 0. The van der Waals surface area contributed by atoms with Crippen LogP contribution in [0.3, 0.4) is 0 Å². The molecule has 22 valence electrons. The van der Waals surface area contributed by atoms with Gasteiger partial charge in [-0.2, -0.15) is 11.1 Å². The van der Waals surface area contributed by atoms with Crippen molar-refractivity contribution in [3.05, 3.63) is 0 Å². The van der Waals surface area contributed by atoms with Crippen LogP contribution in [0.15, 0.2) is 10.4 Å². The first kappa shape index (κ1) is 3.20. The third kappa shape index (κ3) is 1.20. The Bertz CT molecular complexity index is 21.0. The average Bonchev–Trinajstić information content (AvgIpc) is 1.37. The zero-order chi connectivity index (χ0) is 3.41. The highest BCUT2D eigenvalue weighted by Gasteiger charge is 1.30. The molecular weight excluding hydrogens is 56.0 g/mol. The largest absolute Gasteiger partial charge is 0.183 e. The lowest BCUT2D eigenvalue weighted by molar-refractivity contribution is 0.867. The topological polar surface area (TPSA) is 72.4 Å². The molecule has 4 nitrogen and oxygen atoms in total. The van der Waals surface area contributed by atoms with Crippen molar-refractivity contribution in [2.24, 2.45) is 10.4 Å². The van der Waals surface area contributed by atoms with E-state index < -0.39 is 0 Å². The first-order valence-corrected chi connectivity index (χ1v) is 0.647. The summed E-state index contributed by atoms with van der Waals surface area (Å²) in [7, 11) is 0. The van der Waals surface area contributed by atoms with Crippen molar-refractivity contribution in [3.63, 3.8) is 0 Å². The smallest absolute Gasteiger partial charge is 0.0325 e. The molecule has 0 aromatic heterocycles. The second-order valence-electron chi connectivity index (χ2n) is 0.200. The summed E-state index contributed by atoms with van der Waals surface area (Å²) in [5.74, 6) is 0. The molecule has 2 N–H and O–H groups in total. The third-order valence-electron chi connectivity index (χ3n) is 0.0500. The number of hydrogen-bond donors (Lipinski definition) is 2. The van der Waals surface area contributed by atoms with Crippen molar-refractivity contribution in [3.8, 4) is 0 Å². The Hall–Kier alpha value is -0.800. The fraction of sp³-hybridized carbons (Fsp3) is 0. The molecule has 0 aliphatic rings. The zero-order valence-electron chi connectivity index (χ0n) is 1.89. The minimum atomic E-state index is 2.28. The molecule has 0 spiro atoms. The zero-order valence-corrected chi connectivity index (χ0v) is 1.89. The van der Waals surface area contributed by atoms with E-state index in [1.165, 1.54) is 0 Å². The molecule has 0 fully saturated rings. The molecule has 0 atom stereocenters. The minimum absolute atomic E-state index is 2.28. The van der Waals surface area contributed by atoms with Gasteiger partial charge in [0, 0.05) is 0 Å². The maximum atomic E-state index is 5.72. The molecular formula is H2N4. The van der Waals surface area contributed by atoms with Crippen LogP contribution in [-0.4, -0.2) is 0 Å². The van der Waals surface area contributed by atoms with Crippen molar-refractivity contribution in [2.75, 3.05) is 0 Å². The highest BCUT2D eigenvalue weighted by molar-refractivity contribution is 3.69. The molecule has 0 saturated heterocycles. The Balaban J connectivity index is 2.73. The van der Waals surface area contributed by atoms with Crippen molar-refractivity contribution < 1.29 is 0 Å². The van der Waals surface area contributed by atoms with Crippen LogP contribution in [-0.2, 0) is 0 Å². The molecule has 0 saturated carbocycles. The summed E-state index contributed by atoms with van der Waals surface area (Å²) in [6.07, 6.45) is 0. The average molecular weight is 58.0 g/mol. The van der Waals surface area contributed by atoms with Crippen LogP contribution < -0.4 is 0 Å². The summed E-state index contributed by atoms with van der Waals surface area (Å²) in [5.41, 5.74) is 11.4. The van der Waals surface area contributed by atoms with Gasteiger partial charge in [-0.3, -0.25) is 0 Å². The second-order valence-corrected chi connectivity index (χ2v) is 0.200. The van der Waals surface area contributed by atoms with Crippen molar-refractivity contribution >= 4 is 0 Å². The van der Waals surface area contributed by atoms with Crippen molar-refractivity contribution in [1.29, 1.82) is 11.1 Å². The molecule has 0 aromatic rings. The Labute approximate surface area is 22.8 Å². The monoisotopic (exact) mass is 58.0 g/mol. The quantitative estimate of drug-likeness (QED) is 0.333. The molecule has 0 aliphatic carbocycles. The lowest BCUT2D eigenvalue weighted by Gasteiger charge is -1.43. The molecule has 4 heteroatoms. The van der Waals surface area contributed by atoms with Crippen LogP contribution >= 0.6 is 0 Å². The highest BCUT2D eigenvalue weighted by atomic mass is 15.4. The van der Waals surface area contributed by atoms with E-state index in [-0.39, 0.29) is 0 Å². The summed E-state index contributed by atoms with van der Waals surface area (Å²) >= 11 is 0. The van der Waals surface area contributed by atoms with Crippen LogP contribution in [0, 0.1) is 11.1 Å². The van der Waals surface area contributed by atoms with E-state index in [1.807, 2.05) is 0 Å². The molecule has 0 radical (unpaired) electrons. The lowest BCUT2D eigenvalue weighted by Crippen LogP contribution is -1.20. The van der Waals surface area contributed by atoms with E-state index in [0.717, 1.165) is 0 Å². The molecule has 0 aromatic carbocycles. The summed E-state index contributed by atoms with van der Waals surface area (Å²) in [4.78, 5) is 0. The summed E-state index contributed by atoms with van der Waals surface area (Å²) in [6, 6.07) is 0. The molecule has 0 aliphatic heterocycles. The van der Waals surface area contributed by atoms with Gasteiger partial charge in [-0.15, -0.1) is 0 Å². The van der Waals surface area contributed by atoms with Gasteiger partial charge in [-0.25, -0.2) is 0 Å². The Morgan fingerprint density at radius 1 is 1.00 bits per heavy atom. The van der Waals surface area contributed by atoms with E-state index in [4.69, 9.17) is 11.1 Å². The first-order chi connectivity index (χ1) is 1.91. The molecule has 0 bridgehead atoms. The van der Waals surface area contributed by atoms with Gasteiger partial charge in [0.2, 0.25) is 0 Å². The van der Waals surface area contributed by atoms with Gasteiger partial charge in [0.1, 0.15) is 0 Å². The summed E-state index contributed by atoms with van der Waals surface area (Å²) < 4.78 is 0. The Morgan fingerprint density at radius 3 is 1.25 bits per heavy atom. The van der Waals surface area contributed by atoms with Crippen LogP contribution in [0.4, 0.5) is 0 Å². The van der Waals surface area contributed by atoms with Crippen LogP contribution in [0.25, 0.3) is 0 Å². The predicted octanol–water partition coefficient (Wildman–Crippen LogP) is 0.963. The normalized spacial score (nSPS) is 5.00. The predicted molar refractivity (Wildman–Crippen MR) is 10.3 cm³/mol. The van der Waals surface area contributed by atoms with Crippen molar-refractivity contribution in [2.45, 2.75) is 0 Å². The fourth-order valence-corrected chi connectivity index (χ4v) is 0. The van der Waals surface area contributed by atoms with Crippen LogP contribution in [0.5, 0.6) is 0 Å². The number of nitrogens with zero attached hydrogens (tertiary/aromatic N) is 2. The third-order valence-corrected chi connectivity index (χ3v) is 0.0500. The van der Waals surface area contributed by atoms with Gasteiger partial charge in [0.25, 0.3) is 0 Å². The molecule has 0 heterocycles. The maximum Gasteiger partial charge on any atom is -0.0325 e. The van der Waals surface area contributed by atoms with Gasteiger partial charge in [-0.05, 0) is 10.4 Å². The van der Waals surface area contributed by atoms with Crippen LogP contribution in [0.2, 0.25) is 0 Å². The Kier molecular flexibility index (Phi) is 1.76. The van der Waals surface area contributed by atoms with E-state index in [1.54, 1.807) is 0 Å². The van der Waals surface area contributed by atoms with E-state index in [2.05, 4.69) is 10.4 Å². The van der Waals surface area contributed by atoms with Gasteiger partial charge in [-0.1, -0.05) is 0 Å². The highest BCUT2D eigenvalue weighted by Crippen LogP contribution is 1.53. The van der Waals surface area contributed by atoms with Crippen LogP contribution in [0.1, 0.15) is 0 Å². The summed E-state index contributed by atoms with van der Waals surface area (Å²) in [5, 5.41) is 4.56. The van der Waals surface area contributed by atoms with E-state index >= 15 is 0 Å². The van der Waals surface area contributed by atoms with Gasteiger partial charge in [0.05, 0.1) is 0 Å². The van der Waals surface area contributed by atoms with Gasteiger partial charge < -0.3 is 0 Å². The standard InChI is InChI=1S/H2N4/c1-3-4-2/h1-2H. The molecule has 4 heavy (non-hydrogen) atoms. The SMILES string of the molecule is N=NN=N. The van der Waals surface area contributed by atoms with Gasteiger partial charge in [0.15, 0.2) is 0 Å². The number of rotatable bonds is 1. The fourth-order valence-electron chi connectivity index (χ4n) is 0. The minimum Gasteiger partial charge on any atom is -0.183 e. The van der Waals surface area contributed by atoms with Crippen molar-refractivity contribution in [1.82, 2.24) is 0 Å². The molecule has 0 rings (SSSR count). The second kappa shape index (κ2) is 2.20. The number of hydrogen-bond acceptors (Lipinski definition) is 2. The molecule has 0 amide bonds. The molecule has 0 unspecified atom stereocenters. The number of nitrogens with one attached hydrogen (secondary N) is 2. The first-order valence-electron chi connectivity index (χ1n) is 0.647. The van der Waals surface area contributed by atoms with E-state index in [9.17, 15) is 0 Å². The van der Waals surface area contributed by atoms with Gasteiger partial charge >= 0.3 is 0 Å². The van der Waals surface area contributed by atoms with E-state index in [0.29, 0.717) is 0 Å². The maximum absolute atomic E-state index is 5.72. The Morgan fingerprint density at radius 2 is 1.25 bits per heavy atom.